The number of aliphatic hydroxyl groups is 2. The van der Waals surface area contributed by atoms with E-state index in [2.05, 4.69) is 5.32 Å². The van der Waals surface area contributed by atoms with Crippen molar-refractivity contribution in [1.82, 2.24) is 0 Å². The second-order valence-electron chi connectivity index (χ2n) is 11.0. The van der Waals surface area contributed by atoms with E-state index in [4.69, 9.17) is 9.15 Å². The van der Waals surface area contributed by atoms with E-state index in [1.165, 1.54) is 4.90 Å². The van der Waals surface area contributed by atoms with Gasteiger partial charge in [-0.1, -0.05) is 23.8 Å². The number of furan rings is 1. The van der Waals surface area contributed by atoms with Crippen LogP contribution in [0, 0.1) is 17.8 Å². The molecule has 0 radical (unpaired) electrons. The molecule has 4 atom stereocenters. The number of hydrogen-bond acceptors (Lipinski definition) is 7. The Kier molecular flexibility index (Phi) is 7.62. The number of fused-ring (bicyclic) bond motifs is 3. The normalized spacial score (nSPS) is 24.2. The lowest BCUT2D eigenvalue weighted by molar-refractivity contribution is -0.122. The number of nitrogens with one attached hydrogen (secondary N) is 1. The summed E-state index contributed by atoms with van der Waals surface area (Å²) in [7, 11) is 0. The standard InChI is InChI=1S/C33H34N2O6/c1-20(15-25-12-13-26(18-37)41-25)7-14-29-30-21(17-36)16-27-31(28(30)19-40-29)33(39)35(32(27)38)24-10-8-23(9-11-24)34-22-5-3-2-4-6-22/h2-6,8-13,15,27-29,31,34,36-37H,7,14,16-19H2,1H3/b20-15+/t27-,28+,29-,31-/m1/s1. The number of hydrogen-bond donors (Lipinski definition) is 3. The van der Waals surface area contributed by atoms with Crippen LogP contribution in [-0.4, -0.2) is 41.3 Å². The van der Waals surface area contributed by atoms with E-state index in [0.717, 1.165) is 34.5 Å². The summed E-state index contributed by atoms with van der Waals surface area (Å²) in [6.45, 7) is 2.09. The van der Waals surface area contributed by atoms with Crippen LogP contribution in [-0.2, 0) is 20.9 Å². The molecule has 2 fully saturated rings. The van der Waals surface area contributed by atoms with Gasteiger partial charge in [-0.2, -0.15) is 0 Å². The molecule has 41 heavy (non-hydrogen) atoms. The molecule has 2 saturated heterocycles. The van der Waals surface area contributed by atoms with Crippen molar-refractivity contribution in [3.63, 3.8) is 0 Å². The van der Waals surface area contributed by atoms with Gasteiger partial charge in [0.15, 0.2) is 0 Å². The molecule has 3 N–H and O–H groups in total. The highest BCUT2D eigenvalue weighted by Gasteiger charge is 2.57. The average molecular weight is 555 g/mol. The van der Waals surface area contributed by atoms with Crippen LogP contribution in [0.5, 0.6) is 0 Å². The third-order valence-corrected chi connectivity index (χ3v) is 8.41. The maximum absolute atomic E-state index is 13.8. The van der Waals surface area contributed by atoms with Gasteiger partial charge in [-0.3, -0.25) is 14.5 Å². The third-order valence-electron chi connectivity index (χ3n) is 8.41. The van der Waals surface area contributed by atoms with E-state index in [0.29, 0.717) is 36.7 Å². The number of carbonyl (C=O) groups excluding carboxylic acids is 2. The van der Waals surface area contributed by atoms with Crippen LogP contribution in [0.2, 0.25) is 0 Å². The van der Waals surface area contributed by atoms with E-state index >= 15 is 0 Å². The molecule has 8 heteroatoms. The smallest absolute Gasteiger partial charge is 0.238 e. The van der Waals surface area contributed by atoms with Crippen LogP contribution < -0.4 is 10.2 Å². The van der Waals surface area contributed by atoms with Gasteiger partial charge in [0.2, 0.25) is 11.8 Å². The van der Waals surface area contributed by atoms with Gasteiger partial charge in [0.1, 0.15) is 18.1 Å². The summed E-state index contributed by atoms with van der Waals surface area (Å²) in [5, 5.41) is 22.8. The highest BCUT2D eigenvalue weighted by Crippen LogP contribution is 2.50. The molecule has 3 heterocycles. The molecule has 3 aromatic rings. The highest BCUT2D eigenvalue weighted by atomic mass is 16.5. The maximum Gasteiger partial charge on any atom is 0.238 e. The minimum absolute atomic E-state index is 0.139. The summed E-state index contributed by atoms with van der Waals surface area (Å²) < 4.78 is 11.8. The number of benzene rings is 2. The molecule has 0 spiro atoms. The largest absolute Gasteiger partial charge is 0.459 e. The molecule has 1 aliphatic carbocycles. The fraction of sp³-hybridized carbons (Fsp3) is 0.333. The molecule has 0 saturated carbocycles. The van der Waals surface area contributed by atoms with Crippen LogP contribution in [0.25, 0.3) is 6.08 Å². The summed E-state index contributed by atoms with van der Waals surface area (Å²) in [4.78, 5) is 28.7. The lowest BCUT2D eigenvalue weighted by Gasteiger charge is -2.31. The summed E-state index contributed by atoms with van der Waals surface area (Å²) in [5.74, 6) is -0.405. The number of allylic oxidation sites excluding steroid dienone is 1. The highest BCUT2D eigenvalue weighted by molar-refractivity contribution is 6.22. The van der Waals surface area contributed by atoms with Crippen molar-refractivity contribution in [3.05, 3.63) is 95.0 Å². The first-order valence-corrected chi connectivity index (χ1v) is 14.1. The number of imide groups is 1. The van der Waals surface area contributed by atoms with Gasteiger partial charge in [-0.15, -0.1) is 0 Å². The van der Waals surface area contributed by atoms with Crippen molar-refractivity contribution in [2.75, 3.05) is 23.4 Å². The number of amides is 2. The van der Waals surface area contributed by atoms with Crippen LogP contribution in [0.1, 0.15) is 37.7 Å². The molecule has 1 aromatic heterocycles. The van der Waals surface area contributed by atoms with Gasteiger partial charge in [-0.25, -0.2) is 0 Å². The summed E-state index contributed by atoms with van der Waals surface area (Å²) in [6.07, 6.45) is 3.54. The summed E-state index contributed by atoms with van der Waals surface area (Å²) >= 11 is 0. The molecule has 2 amide bonds. The monoisotopic (exact) mass is 554 g/mol. The molecule has 3 aliphatic rings. The van der Waals surface area contributed by atoms with Gasteiger partial charge in [-0.05, 0) is 91.9 Å². The minimum atomic E-state index is -0.496. The van der Waals surface area contributed by atoms with E-state index in [-0.39, 0.29) is 37.0 Å². The zero-order valence-corrected chi connectivity index (χ0v) is 23.0. The molecule has 212 valence electrons. The molecule has 8 nitrogen and oxygen atoms in total. The number of aliphatic hydroxyl groups excluding tert-OH is 2. The lowest BCUT2D eigenvalue weighted by Crippen LogP contribution is -2.35. The number of ether oxygens (including phenoxy) is 1. The van der Waals surface area contributed by atoms with Crippen molar-refractivity contribution < 1.29 is 29.0 Å². The van der Waals surface area contributed by atoms with Gasteiger partial charge in [0.25, 0.3) is 0 Å². The number of carbonyl (C=O) groups is 2. The fourth-order valence-corrected chi connectivity index (χ4v) is 6.49. The molecule has 2 aromatic carbocycles. The Bertz CT molecular complexity index is 1490. The first-order valence-electron chi connectivity index (χ1n) is 14.1. The van der Waals surface area contributed by atoms with Gasteiger partial charge in [0, 0.05) is 17.3 Å². The van der Waals surface area contributed by atoms with Crippen molar-refractivity contribution in [2.24, 2.45) is 17.8 Å². The van der Waals surface area contributed by atoms with Crippen LogP contribution in [0.3, 0.4) is 0 Å². The topological polar surface area (TPSA) is 112 Å². The average Bonchev–Trinajstić information content (AvgIpc) is 3.69. The molecule has 6 rings (SSSR count). The molecule has 2 aliphatic heterocycles. The number of para-hydroxylation sites is 1. The predicted molar refractivity (Wildman–Crippen MR) is 155 cm³/mol. The third kappa shape index (κ3) is 5.26. The van der Waals surface area contributed by atoms with E-state index in [1.807, 2.05) is 61.5 Å². The fourth-order valence-electron chi connectivity index (χ4n) is 6.49. The van der Waals surface area contributed by atoms with Crippen molar-refractivity contribution in [2.45, 2.75) is 38.9 Å². The Morgan fingerprint density at radius 3 is 2.41 bits per heavy atom. The van der Waals surface area contributed by atoms with E-state index in [1.54, 1.807) is 18.2 Å². The lowest BCUT2D eigenvalue weighted by atomic mass is 9.69. The molecular formula is C33H34N2O6. The van der Waals surface area contributed by atoms with Crippen LogP contribution in [0.4, 0.5) is 17.1 Å². The predicted octanol–water partition coefficient (Wildman–Crippen LogP) is 5.21. The van der Waals surface area contributed by atoms with Crippen molar-refractivity contribution in [3.8, 4) is 0 Å². The number of rotatable bonds is 9. The van der Waals surface area contributed by atoms with Crippen LogP contribution in [0.15, 0.2) is 87.9 Å². The van der Waals surface area contributed by atoms with E-state index in [9.17, 15) is 19.8 Å². The minimum Gasteiger partial charge on any atom is -0.459 e. The maximum atomic E-state index is 13.8. The van der Waals surface area contributed by atoms with Gasteiger partial charge >= 0.3 is 0 Å². The van der Waals surface area contributed by atoms with E-state index < -0.39 is 11.8 Å². The van der Waals surface area contributed by atoms with Crippen molar-refractivity contribution in [1.29, 1.82) is 0 Å². The zero-order valence-electron chi connectivity index (χ0n) is 23.0. The first-order chi connectivity index (χ1) is 20.0. The molecule has 0 unspecified atom stereocenters. The number of nitrogens with zero attached hydrogens (tertiary/aromatic N) is 1. The molecule has 0 bridgehead atoms. The van der Waals surface area contributed by atoms with Gasteiger partial charge < -0.3 is 24.7 Å². The number of anilines is 3. The van der Waals surface area contributed by atoms with Gasteiger partial charge in [0.05, 0.1) is 36.8 Å². The Morgan fingerprint density at radius 1 is 0.951 bits per heavy atom. The second-order valence-corrected chi connectivity index (χ2v) is 11.0. The quantitative estimate of drug-likeness (QED) is 0.246. The van der Waals surface area contributed by atoms with Crippen LogP contribution >= 0.6 is 0 Å². The molecular weight excluding hydrogens is 520 g/mol. The SMILES string of the molecule is C/C(=C\c1ccc(CO)o1)CC[C@H]1OC[C@H]2C1=C(CO)C[C@H]1C(=O)N(c3ccc(Nc4ccccc4)cc3)C(=O)[C@H]12. The Labute approximate surface area is 238 Å². The Hall–Kier alpha value is -3.98. The second kappa shape index (κ2) is 11.5. The summed E-state index contributed by atoms with van der Waals surface area (Å²) in [6, 6.07) is 20.7. The summed E-state index contributed by atoms with van der Waals surface area (Å²) in [5.41, 5.74) is 5.28. The Morgan fingerprint density at radius 2 is 1.71 bits per heavy atom. The first kappa shape index (κ1) is 27.2. The Balaban J connectivity index is 1.17. The van der Waals surface area contributed by atoms with Crippen molar-refractivity contribution >= 4 is 35.0 Å². The zero-order chi connectivity index (χ0) is 28.5.